The Morgan fingerprint density at radius 2 is 2.07 bits per heavy atom. The first kappa shape index (κ1) is 19.7. The number of carbonyl (C=O) groups is 2. The maximum Gasteiger partial charge on any atom is 0.343 e. The Morgan fingerprint density at radius 3 is 2.64 bits per heavy atom. The van der Waals surface area contributed by atoms with Crippen molar-refractivity contribution in [3.8, 4) is 0 Å². The molecule has 3 heterocycles. The van der Waals surface area contributed by atoms with E-state index in [0.717, 1.165) is 6.07 Å². The molecule has 1 amide bonds. The molecular weight excluding hydrogens is 365 g/mol. The molecule has 1 aliphatic heterocycles. The number of aryl methyl sites for hydroxylation is 1. The number of nitrogens with zero attached hydrogens (tertiary/aromatic N) is 3. The van der Waals surface area contributed by atoms with Gasteiger partial charge in [0.2, 0.25) is 11.3 Å². The first-order chi connectivity index (χ1) is 13.4. The summed E-state index contributed by atoms with van der Waals surface area (Å²) in [5, 5.41) is 0.0374. The van der Waals surface area contributed by atoms with Gasteiger partial charge in [0.05, 0.1) is 12.0 Å². The molecule has 7 nitrogen and oxygen atoms in total. The summed E-state index contributed by atoms with van der Waals surface area (Å²) in [6.45, 7) is 6.45. The summed E-state index contributed by atoms with van der Waals surface area (Å²) in [6, 6.07) is 1.13. The molecule has 2 aromatic rings. The second kappa shape index (κ2) is 7.92. The van der Waals surface area contributed by atoms with Gasteiger partial charge in [-0.1, -0.05) is 6.08 Å². The number of ether oxygens (including phenoxy) is 1. The Balaban J connectivity index is 2.13. The lowest BCUT2D eigenvalue weighted by molar-refractivity contribution is -0.128. The minimum Gasteiger partial charge on any atom is -0.462 e. The number of fused-ring (bicyclic) bond motifs is 1. The summed E-state index contributed by atoms with van der Waals surface area (Å²) < 4.78 is 21.4. The molecule has 0 saturated heterocycles. The molecule has 0 unspecified atom stereocenters. The van der Waals surface area contributed by atoms with Gasteiger partial charge in [-0.2, -0.15) is 0 Å². The molecule has 0 atom stereocenters. The maximum absolute atomic E-state index is 14.8. The average Bonchev–Trinajstić information content (AvgIpc) is 2.68. The quantitative estimate of drug-likeness (QED) is 0.753. The number of esters is 1. The number of amides is 1. The van der Waals surface area contributed by atoms with E-state index in [1.807, 2.05) is 6.92 Å². The maximum atomic E-state index is 14.8. The largest absolute Gasteiger partial charge is 0.462 e. The summed E-state index contributed by atoms with van der Waals surface area (Å²) in [6.07, 6.45) is 3.67. The third-order valence-corrected chi connectivity index (χ3v) is 4.80. The van der Waals surface area contributed by atoms with E-state index in [2.05, 4.69) is 4.98 Å². The van der Waals surface area contributed by atoms with Crippen LogP contribution < -0.4 is 5.43 Å². The molecule has 3 rings (SSSR count). The zero-order chi connectivity index (χ0) is 20.4. The van der Waals surface area contributed by atoms with Crippen molar-refractivity contribution in [3.63, 3.8) is 0 Å². The first-order valence-corrected chi connectivity index (χ1v) is 9.23. The van der Waals surface area contributed by atoms with Crippen molar-refractivity contribution in [1.29, 1.82) is 0 Å². The van der Waals surface area contributed by atoms with E-state index in [-0.39, 0.29) is 29.2 Å². The molecule has 0 saturated carbocycles. The molecule has 0 aromatic carbocycles. The van der Waals surface area contributed by atoms with E-state index in [9.17, 15) is 18.8 Å². The fourth-order valence-corrected chi connectivity index (χ4v) is 3.28. The Labute approximate surface area is 161 Å². The predicted molar refractivity (Wildman–Crippen MR) is 102 cm³/mol. The first-order valence-electron chi connectivity index (χ1n) is 9.23. The van der Waals surface area contributed by atoms with Crippen molar-refractivity contribution in [3.05, 3.63) is 45.6 Å². The highest BCUT2D eigenvalue weighted by molar-refractivity contribution is 5.93. The van der Waals surface area contributed by atoms with Gasteiger partial charge in [0.15, 0.2) is 0 Å². The van der Waals surface area contributed by atoms with Gasteiger partial charge < -0.3 is 14.2 Å². The van der Waals surface area contributed by atoms with Gasteiger partial charge in [0.25, 0.3) is 0 Å². The van der Waals surface area contributed by atoms with Crippen LogP contribution in [0.2, 0.25) is 0 Å². The molecule has 148 valence electrons. The molecule has 0 radical (unpaired) electrons. The molecule has 0 spiro atoms. The van der Waals surface area contributed by atoms with Crippen molar-refractivity contribution in [1.82, 2.24) is 14.5 Å². The summed E-state index contributed by atoms with van der Waals surface area (Å²) in [5.41, 5.74) is 0.435. The van der Waals surface area contributed by atoms with Gasteiger partial charge in [-0.15, -0.1) is 0 Å². The molecule has 0 aliphatic carbocycles. The van der Waals surface area contributed by atoms with Gasteiger partial charge in [0.1, 0.15) is 22.7 Å². The van der Waals surface area contributed by atoms with Crippen LogP contribution >= 0.6 is 0 Å². The average molecular weight is 387 g/mol. The van der Waals surface area contributed by atoms with Gasteiger partial charge in [-0.3, -0.25) is 9.59 Å². The van der Waals surface area contributed by atoms with E-state index < -0.39 is 17.2 Å². The number of rotatable bonds is 4. The number of hydrogen-bond donors (Lipinski definition) is 0. The van der Waals surface area contributed by atoms with Gasteiger partial charge in [0, 0.05) is 32.8 Å². The Bertz CT molecular complexity index is 1040. The summed E-state index contributed by atoms with van der Waals surface area (Å²) in [7, 11) is 0. The minimum absolute atomic E-state index is 0.0337. The Kier molecular flexibility index (Phi) is 5.58. The lowest BCUT2D eigenvalue weighted by atomic mass is 10.0. The fourth-order valence-electron chi connectivity index (χ4n) is 3.28. The predicted octanol–water partition coefficient (Wildman–Crippen LogP) is 2.37. The summed E-state index contributed by atoms with van der Waals surface area (Å²) in [4.78, 5) is 42.3. The fraction of sp³-hybridized carbons (Fsp3) is 0.400. The lowest BCUT2D eigenvalue weighted by Gasteiger charge is -2.25. The standard InChI is InChI=1S/C20H22FN3O4/c1-4-23-11-15(20(27)28-5-2)18(26)14-10-16(21)17(22-19(14)23)13-6-8-24(9-7-13)12(3)25/h6,10-11H,4-5,7-9H2,1-3H3. The van der Waals surface area contributed by atoms with Crippen LogP contribution in [0.1, 0.15) is 43.2 Å². The van der Waals surface area contributed by atoms with E-state index in [1.54, 1.807) is 22.5 Å². The molecular formula is C20H22FN3O4. The highest BCUT2D eigenvalue weighted by Crippen LogP contribution is 2.25. The van der Waals surface area contributed by atoms with E-state index in [1.165, 1.54) is 13.1 Å². The van der Waals surface area contributed by atoms with Crippen molar-refractivity contribution >= 4 is 28.5 Å². The molecule has 1 aliphatic rings. The molecule has 0 N–H and O–H groups in total. The number of aromatic nitrogens is 2. The molecule has 0 fully saturated rings. The third kappa shape index (κ3) is 3.54. The van der Waals surface area contributed by atoms with Gasteiger partial charge in [-0.05, 0) is 31.9 Å². The highest BCUT2D eigenvalue weighted by Gasteiger charge is 2.22. The van der Waals surface area contributed by atoms with Crippen LogP contribution in [0.15, 0.2) is 23.1 Å². The van der Waals surface area contributed by atoms with Crippen LogP contribution in [0, 0.1) is 5.82 Å². The monoisotopic (exact) mass is 387 g/mol. The van der Waals surface area contributed by atoms with Crippen LogP contribution in [-0.2, 0) is 16.1 Å². The zero-order valence-corrected chi connectivity index (χ0v) is 16.1. The third-order valence-electron chi connectivity index (χ3n) is 4.80. The summed E-state index contributed by atoms with van der Waals surface area (Å²) >= 11 is 0. The number of pyridine rings is 2. The Hall–Kier alpha value is -3.03. The minimum atomic E-state index is -0.736. The van der Waals surface area contributed by atoms with Crippen molar-refractivity contribution in [2.45, 2.75) is 33.7 Å². The molecule has 8 heteroatoms. The topological polar surface area (TPSA) is 81.5 Å². The second-order valence-electron chi connectivity index (χ2n) is 6.51. The van der Waals surface area contributed by atoms with Gasteiger partial charge >= 0.3 is 5.97 Å². The van der Waals surface area contributed by atoms with E-state index >= 15 is 0 Å². The molecule has 0 bridgehead atoms. The summed E-state index contributed by atoms with van der Waals surface area (Å²) in [5.74, 6) is -1.40. The SMILES string of the molecule is CCOC(=O)c1cn(CC)c2nc(C3=CCN(C(C)=O)CC3)c(F)cc2c1=O. The lowest BCUT2D eigenvalue weighted by Crippen LogP contribution is -2.32. The van der Waals surface area contributed by atoms with Crippen molar-refractivity contribution < 1.29 is 18.7 Å². The Morgan fingerprint density at radius 1 is 1.32 bits per heavy atom. The molecule has 28 heavy (non-hydrogen) atoms. The van der Waals surface area contributed by atoms with Crippen molar-refractivity contribution in [2.75, 3.05) is 19.7 Å². The van der Waals surface area contributed by atoms with Crippen LogP contribution in [0.3, 0.4) is 0 Å². The second-order valence-corrected chi connectivity index (χ2v) is 6.51. The zero-order valence-electron chi connectivity index (χ0n) is 16.1. The normalized spacial score (nSPS) is 14.1. The number of hydrogen-bond acceptors (Lipinski definition) is 5. The smallest absolute Gasteiger partial charge is 0.343 e. The van der Waals surface area contributed by atoms with E-state index in [0.29, 0.717) is 37.3 Å². The number of carbonyl (C=O) groups excluding carboxylic acids is 2. The van der Waals surface area contributed by atoms with Crippen LogP contribution in [0.5, 0.6) is 0 Å². The van der Waals surface area contributed by atoms with Crippen LogP contribution in [-0.4, -0.2) is 46.0 Å². The molecule has 2 aromatic heterocycles. The van der Waals surface area contributed by atoms with Crippen molar-refractivity contribution in [2.24, 2.45) is 0 Å². The number of halogens is 1. The van der Waals surface area contributed by atoms with Crippen LogP contribution in [0.25, 0.3) is 16.6 Å². The highest BCUT2D eigenvalue weighted by atomic mass is 19.1. The van der Waals surface area contributed by atoms with E-state index in [4.69, 9.17) is 4.74 Å². The van der Waals surface area contributed by atoms with Gasteiger partial charge in [-0.25, -0.2) is 14.2 Å². The van der Waals surface area contributed by atoms with Crippen LogP contribution in [0.4, 0.5) is 4.39 Å².